The molecule has 20 heavy (non-hydrogen) atoms. The second kappa shape index (κ2) is 5.50. The van der Waals surface area contributed by atoms with Crippen LogP contribution in [0.1, 0.15) is 11.1 Å². The van der Waals surface area contributed by atoms with Crippen LogP contribution in [0.25, 0.3) is 0 Å². The fourth-order valence-corrected chi connectivity index (χ4v) is 1.76. The lowest BCUT2D eigenvalue weighted by atomic mass is 10.1. The number of rotatable bonds is 3. The normalized spacial score (nSPS) is 9.85. The van der Waals surface area contributed by atoms with Crippen molar-refractivity contribution < 1.29 is 4.92 Å². The monoisotopic (exact) mass is 289 g/mol. The second-order valence-corrected chi connectivity index (χ2v) is 4.20. The number of aromatic nitrogens is 2. The Balaban J connectivity index is 2.51. The summed E-state index contributed by atoms with van der Waals surface area (Å²) < 4.78 is 0. The van der Waals surface area contributed by atoms with E-state index in [0.717, 1.165) is 11.8 Å². The molecule has 0 unspecified atom stereocenters. The highest BCUT2D eigenvalue weighted by Gasteiger charge is 2.18. The molecule has 0 aliphatic rings. The highest BCUT2D eigenvalue weighted by molar-refractivity contribution is 6.28. The van der Waals surface area contributed by atoms with Gasteiger partial charge in [-0.25, -0.2) is 4.98 Å². The smallest absolute Gasteiger partial charge is 0.329 e. The van der Waals surface area contributed by atoms with E-state index < -0.39 is 4.92 Å². The molecule has 0 aliphatic carbocycles. The van der Waals surface area contributed by atoms with Gasteiger partial charge in [0.15, 0.2) is 0 Å². The largest absolute Gasteiger partial charge is 0.333 e. The average molecular weight is 290 g/mol. The Labute approximate surface area is 119 Å². The maximum absolute atomic E-state index is 10.9. The van der Waals surface area contributed by atoms with Crippen LogP contribution in [0, 0.1) is 28.4 Å². The summed E-state index contributed by atoms with van der Waals surface area (Å²) in [6.45, 7) is 1.77. The van der Waals surface area contributed by atoms with Crippen molar-refractivity contribution in [3.63, 3.8) is 0 Å². The molecule has 0 atom stereocenters. The van der Waals surface area contributed by atoms with Crippen LogP contribution in [-0.4, -0.2) is 14.9 Å². The molecule has 0 bridgehead atoms. The van der Waals surface area contributed by atoms with Crippen molar-refractivity contribution in [2.24, 2.45) is 0 Å². The Morgan fingerprint density at radius 2 is 2.25 bits per heavy atom. The number of nitro groups is 1. The standard InChI is InChI=1S/C12H8ClN5O2/c1-7-3-2-4-9(8(7)5-14)16-11-10(18(19)20)6-15-12(13)17-11/h2-4,6H,1H3,(H,15,16,17). The van der Waals surface area contributed by atoms with Gasteiger partial charge in [-0.1, -0.05) is 12.1 Å². The van der Waals surface area contributed by atoms with Crippen LogP contribution in [-0.2, 0) is 0 Å². The molecule has 0 spiro atoms. The minimum absolute atomic E-state index is 0.0582. The van der Waals surface area contributed by atoms with Gasteiger partial charge >= 0.3 is 5.69 Å². The highest BCUT2D eigenvalue weighted by atomic mass is 35.5. The molecule has 2 aromatic rings. The van der Waals surface area contributed by atoms with E-state index in [4.69, 9.17) is 16.9 Å². The van der Waals surface area contributed by atoms with E-state index in [1.165, 1.54) is 0 Å². The second-order valence-electron chi connectivity index (χ2n) is 3.86. The number of nitriles is 1. The van der Waals surface area contributed by atoms with Crippen molar-refractivity contribution in [2.45, 2.75) is 6.92 Å². The zero-order chi connectivity index (χ0) is 14.7. The molecular formula is C12H8ClN5O2. The first-order chi connectivity index (χ1) is 9.52. The molecule has 1 aromatic heterocycles. The van der Waals surface area contributed by atoms with E-state index in [2.05, 4.69) is 15.3 Å². The summed E-state index contributed by atoms with van der Waals surface area (Å²) in [5, 5.41) is 22.7. The number of aryl methyl sites for hydroxylation is 1. The third kappa shape index (κ3) is 2.65. The van der Waals surface area contributed by atoms with Gasteiger partial charge in [-0.15, -0.1) is 0 Å². The summed E-state index contributed by atoms with van der Waals surface area (Å²) in [6, 6.07) is 7.17. The van der Waals surface area contributed by atoms with Gasteiger partial charge in [0, 0.05) is 0 Å². The Hall–Kier alpha value is -2.72. The number of nitrogens with one attached hydrogen (secondary N) is 1. The molecule has 8 heteroatoms. The maximum atomic E-state index is 10.9. The first kappa shape index (κ1) is 13.7. The van der Waals surface area contributed by atoms with Crippen molar-refractivity contribution in [1.29, 1.82) is 5.26 Å². The molecule has 0 saturated carbocycles. The number of anilines is 2. The van der Waals surface area contributed by atoms with Gasteiger partial charge in [-0.05, 0) is 30.2 Å². The van der Waals surface area contributed by atoms with E-state index in [1.54, 1.807) is 25.1 Å². The number of hydrogen-bond acceptors (Lipinski definition) is 6. The molecule has 2 rings (SSSR count). The van der Waals surface area contributed by atoms with Gasteiger partial charge in [0.1, 0.15) is 12.3 Å². The Kier molecular flexibility index (Phi) is 3.77. The molecule has 0 saturated heterocycles. The zero-order valence-electron chi connectivity index (χ0n) is 10.3. The van der Waals surface area contributed by atoms with Crippen LogP contribution in [0.2, 0.25) is 5.28 Å². The van der Waals surface area contributed by atoms with E-state index in [1.807, 2.05) is 6.07 Å². The van der Waals surface area contributed by atoms with Gasteiger partial charge in [0.05, 0.1) is 16.2 Å². The summed E-state index contributed by atoms with van der Waals surface area (Å²) >= 11 is 5.64. The maximum Gasteiger partial charge on any atom is 0.329 e. The Morgan fingerprint density at radius 1 is 1.50 bits per heavy atom. The minimum atomic E-state index is -0.624. The fraction of sp³-hybridized carbons (Fsp3) is 0.0833. The first-order valence-electron chi connectivity index (χ1n) is 5.46. The number of benzene rings is 1. The summed E-state index contributed by atoms with van der Waals surface area (Å²) in [7, 11) is 0. The number of hydrogen-bond donors (Lipinski definition) is 1. The average Bonchev–Trinajstić information content (AvgIpc) is 2.38. The van der Waals surface area contributed by atoms with Gasteiger partial charge < -0.3 is 5.32 Å². The van der Waals surface area contributed by atoms with Crippen LogP contribution >= 0.6 is 11.6 Å². The SMILES string of the molecule is Cc1cccc(Nc2nc(Cl)ncc2[N+](=O)[O-])c1C#N. The lowest BCUT2D eigenvalue weighted by Crippen LogP contribution is -2.03. The van der Waals surface area contributed by atoms with Crippen LogP contribution in [0.3, 0.4) is 0 Å². The molecular weight excluding hydrogens is 282 g/mol. The summed E-state index contributed by atoms with van der Waals surface area (Å²) in [6.07, 6.45) is 1.01. The predicted molar refractivity (Wildman–Crippen MR) is 72.9 cm³/mol. The lowest BCUT2D eigenvalue weighted by molar-refractivity contribution is -0.384. The summed E-state index contributed by atoms with van der Waals surface area (Å²) in [4.78, 5) is 17.7. The van der Waals surface area contributed by atoms with Gasteiger partial charge in [0.2, 0.25) is 11.1 Å². The van der Waals surface area contributed by atoms with Crippen molar-refractivity contribution in [1.82, 2.24) is 9.97 Å². The fourth-order valence-electron chi connectivity index (χ4n) is 1.63. The Bertz CT molecular complexity index is 726. The number of nitrogens with zero attached hydrogens (tertiary/aromatic N) is 4. The molecule has 1 N–H and O–H groups in total. The summed E-state index contributed by atoms with van der Waals surface area (Å²) in [5.74, 6) is -0.0582. The summed E-state index contributed by atoms with van der Waals surface area (Å²) in [5.41, 5.74) is 1.24. The van der Waals surface area contributed by atoms with Crippen LogP contribution in [0.15, 0.2) is 24.4 Å². The van der Waals surface area contributed by atoms with Gasteiger partial charge in [-0.2, -0.15) is 10.2 Å². The van der Waals surface area contributed by atoms with Crippen molar-refractivity contribution in [3.05, 3.63) is 50.9 Å². The van der Waals surface area contributed by atoms with Crippen molar-refractivity contribution >= 4 is 28.8 Å². The minimum Gasteiger partial charge on any atom is -0.333 e. The molecule has 0 radical (unpaired) electrons. The van der Waals surface area contributed by atoms with E-state index in [9.17, 15) is 10.1 Å². The van der Waals surface area contributed by atoms with Crippen LogP contribution < -0.4 is 5.32 Å². The molecule has 1 aromatic carbocycles. The van der Waals surface area contributed by atoms with Gasteiger partial charge in [-0.3, -0.25) is 10.1 Å². The molecule has 0 aliphatic heterocycles. The van der Waals surface area contributed by atoms with Crippen molar-refractivity contribution in [2.75, 3.05) is 5.32 Å². The predicted octanol–water partition coefficient (Wildman–Crippen LogP) is 2.96. The van der Waals surface area contributed by atoms with Crippen LogP contribution in [0.5, 0.6) is 0 Å². The van der Waals surface area contributed by atoms with Crippen LogP contribution in [0.4, 0.5) is 17.2 Å². The van der Waals surface area contributed by atoms with Gasteiger partial charge in [0.25, 0.3) is 0 Å². The first-order valence-corrected chi connectivity index (χ1v) is 5.84. The third-order valence-corrected chi connectivity index (χ3v) is 2.76. The molecule has 0 fully saturated rings. The molecule has 7 nitrogen and oxygen atoms in total. The topological polar surface area (TPSA) is 105 Å². The van der Waals surface area contributed by atoms with E-state index >= 15 is 0 Å². The lowest BCUT2D eigenvalue weighted by Gasteiger charge is -2.09. The zero-order valence-corrected chi connectivity index (χ0v) is 11.0. The van der Waals surface area contributed by atoms with E-state index in [0.29, 0.717) is 11.3 Å². The van der Waals surface area contributed by atoms with Crippen molar-refractivity contribution in [3.8, 4) is 6.07 Å². The molecule has 0 amide bonds. The Morgan fingerprint density at radius 3 is 2.90 bits per heavy atom. The van der Waals surface area contributed by atoms with E-state index in [-0.39, 0.29) is 16.8 Å². The molecule has 1 heterocycles. The third-order valence-electron chi connectivity index (χ3n) is 2.57. The quantitative estimate of drug-likeness (QED) is 0.529. The molecule has 100 valence electrons. The highest BCUT2D eigenvalue weighted by Crippen LogP contribution is 2.28. The number of halogens is 1.